The number of amides is 2. The first kappa shape index (κ1) is 20.0. The third-order valence-corrected chi connectivity index (χ3v) is 4.27. The van der Waals surface area contributed by atoms with Crippen molar-refractivity contribution in [1.82, 2.24) is 15.4 Å². The number of hydrogen-bond acceptors (Lipinski definition) is 4. The van der Waals surface area contributed by atoms with Gasteiger partial charge in [-0.15, -0.1) is 0 Å². The Hall–Kier alpha value is -3.74. The fourth-order valence-corrected chi connectivity index (χ4v) is 2.87. The summed E-state index contributed by atoms with van der Waals surface area (Å²) in [6.07, 6.45) is 1.82. The number of nitrogens with zero attached hydrogens (tertiary/aromatic N) is 1. The van der Waals surface area contributed by atoms with E-state index in [0.29, 0.717) is 35.9 Å². The number of benzene rings is 2. The van der Waals surface area contributed by atoms with Crippen LogP contribution in [0, 0.1) is 0 Å². The Morgan fingerprint density at radius 3 is 2.41 bits per heavy atom. The molecule has 1 heterocycles. The number of carbonyl (C=O) groups is 2. The zero-order valence-electron chi connectivity index (χ0n) is 16.3. The first-order chi connectivity index (χ1) is 14.1. The number of methoxy groups -OCH3 is 1. The molecular formula is C22H23N3O4. The summed E-state index contributed by atoms with van der Waals surface area (Å²) in [6, 6.07) is 18.1. The van der Waals surface area contributed by atoms with Crippen molar-refractivity contribution in [3.8, 4) is 11.5 Å². The first-order valence-corrected chi connectivity index (χ1v) is 9.23. The molecule has 2 amide bonds. The fourth-order valence-electron chi connectivity index (χ4n) is 2.87. The molecule has 0 saturated carbocycles. The van der Waals surface area contributed by atoms with Gasteiger partial charge in [0, 0.05) is 18.3 Å². The molecule has 0 saturated heterocycles. The largest absolute Gasteiger partial charge is 0.493 e. The van der Waals surface area contributed by atoms with Gasteiger partial charge in [-0.2, -0.15) is 0 Å². The van der Waals surface area contributed by atoms with Crippen molar-refractivity contribution in [2.75, 3.05) is 13.7 Å². The minimum Gasteiger partial charge on any atom is -0.493 e. The summed E-state index contributed by atoms with van der Waals surface area (Å²) in [7, 11) is 1.50. The SMILES string of the molecule is CCOc1ccc(C(=O)NNC(=O)c2cccn2Cc2ccccc2)cc1OC. The molecule has 150 valence electrons. The molecule has 0 fully saturated rings. The normalized spacial score (nSPS) is 10.3. The molecule has 3 aromatic rings. The Labute approximate surface area is 169 Å². The zero-order valence-corrected chi connectivity index (χ0v) is 16.3. The van der Waals surface area contributed by atoms with E-state index in [1.165, 1.54) is 7.11 Å². The van der Waals surface area contributed by atoms with Crippen molar-refractivity contribution < 1.29 is 19.1 Å². The van der Waals surface area contributed by atoms with Crippen LogP contribution in [0.5, 0.6) is 11.5 Å². The van der Waals surface area contributed by atoms with Gasteiger partial charge in [0.25, 0.3) is 11.8 Å². The number of carbonyl (C=O) groups excluding carboxylic acids is 2. The van der Waals surface area contributed by atoms with Crippen LogP contribution in [0.25, 0.3) is 0 Å². The Kier molecular flexibility index (Phi) is 6.52. The second kappa shape index (κ2) is 9.45. The summed E-state index contributed by atoms with van der Waals surface area (Å²) in [5.74, 6) is 0.134. The molecule has 7 nitrogen and oxygen atoms in total. The van der Waals surface area contributed by atoms with E-state index in [-0.39, 0.29) is 0 Å². The molecule has 2 N–H and O–H groups in total. The van der Waals surface area contributed by atoms with Gasteiger partial charge in [0.05, 0.1) is 13.7 Å². The van der Waals surface area contributed by atoms with E-state index in [4.69, 9.17) is 9.47 Å². The summed E-state index contributed by atoms with van der Waals surface area (Å²) < 4.78 is 12.5. The molecule has 7 heteroatoms. The second-order valence-electron chi connectivity index (χ2n) is 6.21. The minimum absolute atomic E-state index is 0.338. The molecule has 0 aliphatic carbocycles. The van der Waals surface area contributed by atoms with Gasteiger partial charge in [-0.3, -0.25) is 20.4 Å². The van der Waals surface area contributed by atoms with Gasteiger partial charge in [-0.25, -0.2) is 0 Å². The Morgan fingerprint density at radius 2 is 1.69 bits per heavy atom. The summed E-state index contributed by atoms with van der Waals surface area (Å²) in [5.41, 5.74) is 6.74. The predicted octanol–water partition coefficient (Wildman–Crippen LogP) is 3.02. The zero-order chi connectivity index (χ0) is 20.6. The molecule has 0 aliphatic heterocycles. The monoisotopic (exact) mass is 393 g/mol. The molecule has 0 bridgehead atoms. The first-order valence-electron chi connectivity index (χ1n) is 9.23. The highest BCUT2D eigenvalue weighted by Gasteiger charge is 2.14. The maximum atomic E-state index is 12.5. The third kappa shape index (κ3) is 4.95. The van der Waals surface area contributed by atoms with E-state index in [1.54, 1.807) is 30.3 Å². The van der Waals surface area contributed by atoms with Crippen LogP contribution in [-0.2, 0) is 6.54 Å². The van der Waals surface area contributed by atoms with Crippen LogP contribution in [0.4, 0.5) is 0 Å². The van der Waals surface area contributed by atoms with Crippen molar-refractivity contribution in [2.45, 2.75) is 13.5 Å². The van der Waals surface area contributed by atoms with Crippen molar-refractivity contribution in [2.24, 2.45) is 0 Å². The Bertz CT molecular complexity index is 983. The maximum absolute atomic E-state index is 12.5. The molecule has 0 atom stereocenters. The van der Waals surface area contributed by atoms with E-state index in [9.17, 15) is 9.59 Å². The van der Waals surface area contributed by atoms with Crippen LogP contribution in [0.1, 0.15) is 33.3 Å². The smallest absolute Gasteiger partial charge is 0.286 e. The van der Waals surface area contributed by atoms with Crippen LogP contribution in [0.15, 0.2) is 66.9 Å². The molecule has 0 unspecified atom stereocenters. The van der Waals surface area contributed by atoms with E-state index < -0.39 is 11.8 Å². The molecule has 2 aromatic carbocycles. The van der Waals surface area contributed by atoms with Crippen molar-refractivity contribution in [1.29, 1.82) is 0 Å². The van der Waals surface area contributed by atoms with Crippen LogP contribution < -0.4 is 20.3 Å². The van der Waals surface area contributed by atoms with Gasteiger partial charge >= 0.3 is 0 Å². The third-order valence-electron chi connectivity index (χ3n) is 4.27. The number of rotatable bonds is 7. The lowest BCUT2D eigenvalue weighted by Gasteiger charge is -2.12. The number of nitrogens with one attached hydrogen (secondary N) is 2. The molecule has 29 heavy (non-hydrogen) atoms. The van der Waals surface area contributed by atoms with Crippen LogP contribution in [0.2, 0.25) is 0 Å². The highest BCUT2D eigenvalue weighted by molar-refractivity contribution is 5.98. The summed E-state index contributed by atoms with van der Waals surface area (Å²) in [6.45, 7) is 2.91. The molecule has 0 aliphatic rings. The fraction of sp³-hybridized carbons (Fsp3) is 0.182. The number of hydrazine groups is 1. The molecule has 3 rings (SSSR count). The summed E-state index contributed by atoms with van der Waals surface area (Å²) in [4.78, 5) is 24.9. The average Bonchev–Trinajstić information content (AvgIpc) is 3.21. The summed E-state index contributed by atoms with van der Waals surface area (Å²) in [5, 5.41) is 0. The number of aromatic nitrogens is 1. The number of ether oxygens (including phenoxy) is 2. The molecule has 0 radical (unpaired) electrons. The number of hydrogen-bond donors (Lipinski definition) is 2. The summed E-state index contributed by atoms with van der Waals surface area (Å²) >= 11 is 0. The van der Waals surface area contributed by atoms with Crippen molar-refractivity contribution in [3.05, 3.63) is 83.7 Å². The van der Waals surface area contributed by atoms with Gasteiger partial charge in [-0.05, 0) is 42.8 Å². The molecular weight excluding hydrogens is 370 g/mol. The molecule has 0 spiro atoms. The Morgan fingerprint density at radius 1 is 0.931 bits per heavy atom. The van der Waals surface area contributed by atoms with Gasteiger partial charge in [0.1, 0.15) is 5.69 Å². The van der Waals surface area contributed by atoms with E-state index >= 15 is 0 Å². The topological polar surface area (TPSA) is 81.6 Å². The van der Waals surface area contributed by atoms with Crippen LogP contribution in [-0.4, -0.2) is 30.1 Å². The van der Waals surface area contributed by atoms with Crippen molar-refractivity contribution >= 4 is 11.8 Å². The average molecular weight is 393 g/mol. The van der Waals surface area contributed by atoms with E-state index in [1.807, 2.05) is 48.0 Å². The Balaban J connectivity index is 1.64. The van der Waals surface area contributed by atoms with Crippen LogP contribution >= 0.6 is 0 Å². The maximum Gasteiger partial charge on any atom is 0.286 e. The lowest BCUT2D eigenvalue weighted by Crippen LogP contribution is -2.42. The minimum atomic E-state index is -0.458. The van der Waals surface area contributed by atoms with Crippen LogP contribution in [0.3, 0.4) is 0 Å². The highest BCUT2D eigenvalue weighted by Crippen LogP contribution is 2.27. The van der Waals surface area contributed by atoms with E-state index in [0.717, 1.165) is 5.56 Å². The lowest BCUT2D eigenvalue weighted by molar-refractivity contribution is 0.0841. The van der Waals surface area contributed by atoms with Gasteiger partial charge < -0.3 is 14.0 Å². The predicted molar refractivity (Wildman–Crippen MR) is 109 cm³/mol. The van der Waals surface area contributed by atoms with Gasteiger partial charge in [0.2, 0.25) is 0 Å². The molecule has 1 aromatic heterocycles. The van der Waals surface area contributed by atoms with Gasteiger partial charge in [-0.1, -0.05) is 30.3 Å². The quantitative estimate of drug-likeness (QED) is 0.605. The standard InChI is InChI=1S/C22H23N3O4/c1-3-29-19-12-11-17(14-20(19)28-2)21(26)23-24-22(27)18-10-7-13-25(18)15-16-8-5-4-6-9-16/h4-14H,3,15H2,1-2H3,(H,23,26)(H,24,27). The van der Waals surface area contributed by atoms with E-state index in [2.05, 4.69) is 10.9 Å². The lowest BCUT2D eigenvalue weighted by atomic mass is 10.2. The van der Waals surface area contributed by atoms with Crippen molar-refractivity contribution in [3.63, 3.8) is 0 Å². The second-order valence-corrected chi connectivity index (χ2v) is 6.21. The highest BCUT2D eigenvalue weighted by atomic mass is 16.5. The van der Waals surface area contributed by atoms with Gasteiger partial charge in [0.15, 0.2) is 11.5 Å².